The van der Waals surface area contributed by atoms with E-state index in [1.807, 2.05) is 24.3 Å². The van der Waals surface area contributed by atoms with Crippen molar-refractivity contribution in [3.8, 4) is 11.5 Å². The van der Waals surface area contributed by atoms with E-state index in [4.69, 9.17) is 14.2 Å². The molecule has 1 saturated heterocycles. The number of hydrogen-bond acceptors (Lipinski definition) is 6. The first-order valence-electron chi connectivity index (χ1n) is 10.5. The van der Waals surface area contributed by atoms with Crippen molar-refractivity contribution in [2.45, 2.75) is 24.3 Å². The summed E-state index contributed by atoms with van der Waals surface area (Å²) in [6.45, 7) is 1.91. The highest BCUT2D eigenvalue weighted by Crippen LogP contribution is 2.26. The lowest BCUT2D eigenvalue weighted by atomic mass is 10.1. The average molecular weight is 463 g/mol. The quantitative estimate of drug-likeness (QED) is 0.569. The van der Waals surface area contributed by atoms with Gasteiger partial charge in [-0.2, -0.15) is 4.31 Å². The van der Waals surface area contributed by atoms with E-state index in [1.54, 1.807) is 37.3 Å². The first kappa shape index (κ1) is 24.0. The topological polar surface area (TPSA) is 85.4 Å². The lowest BCUT2D eigenvalue weighted by Gasteiger charge is -2.26. The number of methoxy groups -OCH3 is 2. The summed E-state index contributed by atoms with van der Waals surface area (Å²) >= 11 is 0. The van der Waals surface area contributed by atoms with E-state index in [-0.39, 0.29) is 17.2 Å². The van der Waals surface area contributed by atoms with Crippen LogP contribution in [-0.2, 0) is 32.5 Å². The van der Waals surface area contributed by atoms with E-state index in [2.05, 4.69) is 0 Å². The van der Waals surface area contributed by atoms with Gasteiger partial charge in [-0.3, -0.25) is 4.79 Å². The predicted molar refractivity (Wildman–Crippen MR) is 120 cm³/mol. The van der Waals surface area contributed by atoms with Gasteiger partial charge in [0, 0.05) is 33.1 Å². The highest BCUT2D eigenvalue weighted by Gasteiger charge is 2.27. The summed E-state index contributed by atoms with van der Waals surface area (Å²) in [4.78, 5) is 14.6. The normalized spacial score (nSPS) is 14.7. The van der Waals surface area contributed by atoms with Crippen LogP contribution in [-0.4, -0.2) is 71.1 Å². The first-order chi connectivity index (χ1) is 15.3. The Bertz CT molecular complexity index is 1020. The SMILES string of the molecule is COc1ccc(CN(C)C(=O)CCc2cc(S(=O)(=O)N3CCOCC3)ccc2OC)cc1. The minimum atomic E-state index is -3.62. The zero-order chi connectivity index (χ0) is 23.1. The standard InChI is InChI=1S/C23H30N2O6S/c1-24(17-18-4-7-20(29-2)8-5-18)23(26)11-6-19-16-21(9-10-22(19)30-3)32(27,28)25-12-14-31-15-13-25/h4-5,7-10,16H,6,11-15,17H2,1-3H3. The summed E-state index contributed by atoms with van der Waals surface area (Å²) in [7, 11) is 1.28. The Morgan fingerprint density at radius 2 is 1.75 bits per heavy atom. The van der Waals surface area contributed by atoms with E-state index in [0.29, 0.717) is 50.6 Å². The number of carbonyl (C=O) groups excluding carboxylic acids is 1. The summed E-state index contributed by atoms with van der Waals surface area (Å²) in [5.74, 6) is 1.29. The van der Waals surface area contributed by atoms with Crippen molar-refractivity contribution in [3.63, 3.8) is 0 Å². The Balaban J connectivity index is 1.67. The van der Waals surface area contributed by atoms with Crippen molar-refractivity contribution in [2.75, 3.05) is 47.6 Å². The lowest BCUT2D eigenvalue weighted by Crippen LogP contribution is -2.40. The molecule has 0 aliphatic carbocycles. The molecule has 32 heavy (non-hydrogen) atoms. The predicted octanol–water partition coefficient (Wildman–Crippen LogP) is 2.32. The van der Waals surface area contributed by atoms with Gasteiger partial charge < -0.3 is 19.1 Å². The fraction of sp³-hybridized carbons (Fsp3) is 0.435. The Labute approximate surface area is 189 Å². The van der Waals surface area contributed by atoms with Crippen LogP contribution in [0.4, 0.5) is 0 Å². The second-order valence-corrected chi connectivity index (χ2v) is 9.53. The van der Waals surface area contributed by atoms with Crippen LogP contribution >= 0.6 is 0 Å². The molecule has 1 heterocycles. The molecule has 174 valence electrons. The molecule has 1 fully saturated rings. The molecular formula is C23H30N2O6S. The maximum absolute atomic E-state index is 13.0. The van der Waals surface area contributed by atoms with Gasteiger partial charge in [-0.05, 0) is 47.9 Å². The third-order valence-corrected chi connectivity index (χ3v) is 7.37. The Morgan fingerprint density at radius 3 is 2.38 bits per heavy atom. The van der Waals surface area contributed by atoms with E-state index in [1.165, 1.54) is 11.4 Å². The van der Waals surface area contributed by atoms with E-state index in [0.717, 1.165) is 11.3 Å². The van der Waals surface area contributed by atoms with Gasteiger partial charge in [0.15, 0.2) is 0 Å². The van der Waals surface area contributed by atoms with Crippen LogP contribution in [0.25, 0.3) is 0 Å². The molecule has 1 aliphatic heterocycles. The second kappa shape index (κ2) is 10.8. The largest absolute Gasteiger partial charge is 0.497 e. The molecule has 9 heteroatoms. The van der Waals surface area contributed by atoms with Gasteiger partial charge in [-0.15, -0.1) is 0 Å². The van der Waals surface area contributed by atoms with Crippen molar-refractivity contribution in [2.24, 2.45) is 0 Å². The van der Waals surface area contributed by atoms with Gasteiger partial charge in [0.1, 0.15) is 11.5 Å². The van der Waals surface area contributed by atoms with Crippen LogP contribution in [0.15, 0.2) is 47.4 Å². The van der Waals surface area contributed by atoms with Gasteiger partial charge in [0.2, 0.25) is 15.9 Å². The molecule has 3 rings (SSSR count). The number of hydrogen-bond donors (Lipinski definition) is 0. The van der Waals surface area contributed by atoms with Crippen molar-refractivity contribution < 1.29 is 27.4 Å². The smallest absolute Gasteiger partial charge is 0.243 e. The third-order valence-electron chi connectivity index (χ3n) is 5.47. The first-order valence-corrected chi connectivity index (χ1v) is 11.9. The zero-order valence-corrected chi connectivity index (χ0v) is 19.6. The average Bonchev–Trinajstić information content (AvgIpc) is 2.83. The number of carbonyl (C=O) groups is 1. The highest BCUT2D eigenvalue weighted by molar-refractivity contribution is 7.89. The maximum Gasteiger partial charge on any atom is 0.243 e. The number of amides is 1. The monoisotopic (exact) mass is 462 g/mol. The van der Waals surface area contributed by atoms with Gasteiger partial charge in [-0.1, -0.05) is 12.1 Å². The van der Waals surface area contributed by atoms with E-state index >= 15 is 0 Å². The minimum absolute atomic E-state index is 0.0377. The number of nitrogens with zero attached hydrogens (tertiary/aromatic N) is 2. The molecule has 8 nitrogen and oxygen atoms in total. The van der Waals surface area contributed by atoms with Crippen molar-refractivity contribution in [3.05, 3.63) is 53.6 Å². The van der Waals surface area contributed by atoms with Crippen molar-refractivity contribution in [1.29, 1.82) is 0 Å². The summed E-state index contributed by atoms with van der Waals surface area (Å²) in [5.41, 5.74) is 1.69. The third kappa shape index (κ3) is 5.79. The van der Waals surface area contributed by atoms with Crippen LogP contribution in [0.2, 0.25) is 0 Å². The molecule has 1 aliphatic rings. The lowest BCUT2D eigenvalue weighted by molar-refractivity contribution is -0.130. The number of morpholine rings is 1. The summed E-state index contributed by atoms with van der Waals surface area (Å²) < 4.78 is 43.2. The molecule has 2 aromatic carbocycles. The molecule has 0 radical (unpaired) electrons. The Hall–Kier alpha value is -2.62. The molecule has 0 saturated carbocycles. The fourth-order valence-electron chi connectivity index (χ4n) is 3.57. The molecular weight excluding hydrogens is 432 g/mol. The number of sulfonamides is 1. The van der Waals surface area contributed by atoms with Crippen LogP contribution in [0.5, 0.6) is 11.5 Å². The zero-order valence-electron chi connectivity index (χ0n) is 18.7. The second-order valence-electron chi connectivity index (χ2n) is 7.59. The fourth-order valence-corrected chi connectivity index (χ4v) is 5.03. The summed E-state index contributed by atoms with van der Waals surface area (Å²) in [6.07, 6.45) is 0.617. The number of aryl methyl sites for hydroxylation is 1. The summed E-state index contributed by atoms with van der Waals surface area (Å²) in [6, 6.07) is 12.4. The number of ether oxygens (including phenoxy) is 3. The van der Waals surface area contributed by atoms with E-state index in [9.17, 15) is 13.2 Å². The van der Waals surface area contributed by atoms with Crippen LogP contribution in [0.1, 0.15) is 17.5 Å². The van der Waals surface area contributed by atoms with Gasteiger partial charge >= 0.3 is 0 Å². The number of rotatable bonds is 9. The van der Waals surface area contributed by atoms with Crippen molar-refractivity contribution in [1.82, 2.24) is 9.21 Å². The van der Waals surface area contributed by atoms with Gasteiger partial charge in [-0.25, -0.2) is 8.42 Å². The van der Waals surface area contributed by atoms with E-state index < -0.39 is 10.0 Å². The molecule has 0 atom stereocenters. The van der Waals surface area contributed by atoms with Gasteiger partial charge in [0.05, 0.1) is 32.3 Å². The van der Waals surface area contributed by atoms with Gasteiger partial charge in [0.25, 0.3) is 0 Å². The van der Waals surface area contributed by atoms with Crippen LogP contribution in [0, 0.1) is 0 Å². The molecule has 0 spiro atoms. The maximum atomic E-state index is 13.0. The summed E-state index contributed by atoms with van der Waals surface area (Å²) in [5, 5.41) is 0. The number of benzene rings is 2. The van der Waals surface area contributed by atoms with Crippen molar-refractivity contribution >= 4 is 15.9 Å². The molecule has 0 bridgehead atoms. The highest BCUT2D eigenvalue weighted by atomic mass is 32.2. The Morgan fingerprint density at radius 1 is 1.06 bits per heavy atom. The molecule has 0 unspecified atom stereocenters. The Kier molecular flexibility index (Phi) is 8.11. The van der Waals surface area contributed by atoms with Crippen LogP contribution < -0.4 is 9.47 Å². The minimum Gasteiger partial charge on any atom is -0.497 e. The molecule has 2 aromatic rings. The molecule has 0 aromatic heterocycles. The molecule has 0 N–H and O–H groups in total. The van der Waals surface area contributed by atoms with Crippen LogP contribution in [0.3, 0.4) is 0 Å². The molecule has 1 amide bonds.